The van der Waals surface area contributed by atoms with Crippen molar-refractivity contribution in [1.29, 1.82) is 0 Å². The van der Waals surface area contributed by atoms with Crippen LogP contribution in [0.5, 0.6) is 0 Å². The Kier molecular flexibility index (Phi) is 6.56. The summed E-state index contributed by atoms with van der Waals surface area (Å²) in [5.74, 6) is -0.365. The second-order valence-electron chi connectivity index (χ2n) is 5.70. The Bertz CT molecular complexity index is 641. The van der Waals surface area contributed by atoms with Crippen LogP contribution in [0.25, 0.3) is 10.8 Å². The molecule has 0 saturated carbocycles. The van der Waals surface area contributed by atoms with Crippen LogP contribution in [0, 0.1) is 0 Å². The maximum absolute atomic E-state index is 10.8. The largest absolute Gasteiger partial charge is 0.462 e. The first-order valence-electron chi connectivity index (χ1n) is 8.13. The second kappa shape index (κ2) is 8.65. The average molecular weight is 315 g/mol. The maximum atomic E-state index is 10.8. The molecule has 4 nitrogen and oxygen atoms in total. The van der Waals surface area contributed by atoms with Crippen molar-refractivity contribution in [3.63, 3.8) is 0 Å². The first kappa shape index (κ1) is 17.4. The topological polar surface area (TPSA) is 49.8 Å². The molecule has 0 aliphatic rings. The van der Waals surface area contributed by atoms with Crippen molar-refractivity contribution in [2.45, 2.75) is 32.9 Å². The normalized spacial score (nSPS) is 12.5. The first-order valence-corrected chi connectivity index (χ1v) is 8.13. The summed E-state index contributed by atoms with van der Waals surface area (Å²) < 4.78 is 4.87. The van der Waals surface area contributed by atoms with Gasteiger partial charge >= 0.3 is 5.97 Å². The van der Waals surface area contributed by atoms with Crippen molar-refractivity contribution < 1.29 is 14.6 Å². The Balaban J connectivity index is 1.85. The van der Waals surface area contributed by atoms with Gasteiger partial charge in [-0.25, -0.2) is 0 Å². The predicted octanol–water partition coefficient (Wildman–Crippen LogP) is 2.98. The van der Waals surface area contributed by atoms with Crippen LogP contribution >= 0.6 is 0 Å². The van der Waals surface area contributed by atoms with Gasteiger partial charge < -0.3 is 9.84 Å². The summed E-state index contributed by atoms with van der Waals surface area (Å²) >= 11 is 0. The Labute approximate surface area is 137 Å². The first-order chi connectivity index (χ1) is 11.1. The smallest absolute Gasteiger partial charge is 0.302 e. The monoisotopic (exact) mass is 315 g/mol. The van der Waals surface area contributed by atoms with Crippen molar-refractivity contribution in [2.75, 3.05) is 19.7 Å². The van der Waals surface area contributed by atoms with Crippen LogP contribution in [0.1, 0.15) is 25.8 Å². The molecule has 4 heteroatoms. The summed E-state index contributed by atoms with van der Waals surface area (Å²) in [6, 6.07) is 14.9. The van der Waals surface area contributed by atoms with E-state index in [0.29, 0.717) is 0 Å². The number of ether oxygens (including phenoxy) is 1. The summed E-state index contributed by atoms with van der Waals surface area (Å²) in [5.41, 5.74) is 1.30. The molecule has 1 unspecified atom stereocenters. The Morgan fingerprint density at radius 1 is 1.22 bits per heavy atom. The number of aliphatic hydroxyl groups is 1. The van der Waals surface area contributed by atoms with Crippen molar-refractivity contribution >= 4 is 16.7 Å². The number of likely N-dealkylation sites (N-methyl/N-ethyl adjacent to an activating group) is 1. The molecule has 1 atom stereocenters. The number of nitrogens with zero attached hydrogens (tertiary/aromatic N) is 1. The van der Waals surface area contributed by atoms with Crippen LogP contribution < -0.4 is 0 Å². The van der Waals surface area contributed by atoms with E-state index in [1.54, 1.807) is 0 Å². The molecule has 0 radical (unpaired) electrons. The number of carbonyl (C=O) groups excluding carboxylic acids is 1. The van der Waals surface area contributed by atoms with E-state index in [-0.39, 0.29) is 12.6 Å². The molecule has 0 bridgehead atoms. The van der Waals surface area contributed by atoms with Crippen molar-refractivity contribution in [2.24, 2.45) is 0 Å². The van der Waals surface area contributed by atoms with Crippen molar-refractivity contribution in [1.82, 2.24) is 4.90 Å². The average Bonchev–Trinajstić information content (AvgIpc) is 2.56. The van der Waals surface area contributed by atoms with E-state index >= 15 is 0 Å². The molecule has 124 valence electrons. The Morgan fingerprint density at radius 2 is 1.96 bits per heavy atom. The Morgan fingerprint density at radius 3 is 2.65 bits per heavy atom. The zero-order valence-electron chi connectivity index (χ0n) is 13.9. The van der Waals surface area contributed by atoms with E-state index in [4.69, 9.17) is 4.74 Å². The van der Waals surface area contributed by atoms with E-state index in [1.807, 2.05) is 17.9 Å². The molecule has 0 fully saturated rings. The number of carbonyl (C=O) groups is 1. The lowest BCUT2D eigenvalue weighted by atomic mass is 10.0. The molecule has 2 aromatic rings. The molecular formula is C19H25NO3. The van der Waals surface area contributed by atoms with Crippen LogP contribution in [0.15, 0.2) is 42.5 Å². The van der Waals surface area contributed by atoms with Gasteiger partial charge in [0.2, 0.25) is 0 Å². The zero-order valence-corrected chi connectivity index (χ0v) is 13.9. The fourth-order valence-electron chi connectivity index (χ4n) is 2.70. The van der Waals surface area contributed by atoms with Gasteiger partial charge in [-0.1, -0.05) is 49.4 Å². The lowest BCUT2D eigenvalue weighted by Gasteiger charge is -2.26. The molecule has 23 heavy (non-hydrogen) atoms. The van der Waals surface area contributed by atoms with Gasteiger partial charge in [-0.3, -0.25) is 9.69 Å². The third kappa shape index (κ3) is 5.34. The minimum atomic E-state index is -0.736. The molecule has 0 aromatic heterocycles. The van der Waals surface area contributed by atoms with E-state index in [2.05, 4.69) is 36.4 Å². The molecule has 1 N–H and O–H groups in total. The van der Waals surface area contributed by atoms with E-state index in [9.17, 15) is 9.90 Å². The molecular weight excluding hydrogens is 290 g/mol. The number of hydrogen-bond donors (Lipinski definition) is 1. The number of benzene rings is 2. The number of hydrogen-bond acceptors (Lipinski definition) is 4. The summed E-state index contributed by atoms with van der Waals surface area (Å²) in [6.45, 7) is 4.86. The lowest BCUT2D eigenvalue weighted by molar-refractivity contribution is -0.148. The van der Waals surface area contributed by atoms with Gasteiger partial charge in [-0.2, -0.15) is 0 Å². The molecule has 0 amide bonds. The van der Waals surface area contributed by atoms with Gasteiger partial charge in [-0.15, -0.1) is 0 Å². The highest BCUT2D eigenvalue weighted by atomic mass is 16.5. The third-order valence-corrected chi connectivity index (χ3v) is 3.99. The minimum Gasteiger partial charge on any atom is -0.462 e. The molecule has 0 heterocycles. The van der Waals surface area contributed by atoms with Crippen LogP contribution in [0.3, 0.4) is 0 Å². The van der Waals surface area contributed by atoms with Gasteiger partial charge in [0, 0.05) is 13.5 Å². The SMILES string of the molecule is CCN(CCCc1ccc2ccccc2c1)C(O)COC(C)=O. The Hall–Kier alpha value is -1.91. The van der Waals surface area contributed by atoms with Crippen LogP contribution in [0.2, 0.25) is 0 Å². The standard InChI is InChI=1S/C19H25NO3/c1-3-20(19(22)14-23-15(2)21)12-6-7-16-10-11-17-8-4-5-9-18(17)13-16/h4-5,8-11,13,19,22H,3,6-7,12,14H2,1-2H3. The quantitative estimate of drug-likeness (QED) is 0.601. The highest BCUT2D eigenvalue weighted by Gasteiger charge is 2.14. The number of fused-ring (bicyclic) bond motifs is 1. The highest BCUT2D eigenvalue weighted by molar-refractivity contribution is 5.82. The van der Waals surface area contributed by atoms with Crippen molar-refractivity contribution in [3.05, 3.63) is 48.0 Å². The van der Waals surface area contributed by atoms with Gasteiger partial charge in [0.25, 0.3) is 0 Å². The van der Waals surface area contributed by atoms with E-state index in [1.165, 1.54) is 23.3 Å². The third-order valence-electron chi connectivity index (χ3n) is 3.99. The lowest BCUT2D eigenvalue weighted by Crippen LogP contribution is -2.39. The summed E-state index contributed by atoms with van der Waals surface area (Å²) in [7, 11) is 0. The van der Waals surface area contributed by atoms with Gasteiger partial charge in [0.1, 0.15) is 12.8 Å². The molecule has 2 aromatic carbocycles. The molecule has 2 rings (SSSR count). The summed E-state index contributed by atoms with van der Waals surface area (Å²) in [4.78, 5) is 12.7. The summed E-state index contributed by atoms with van der Waals surface area (Å²) in [6.07, 6.45) is 1.17. The van der Waals surface area contributed by atoms with Crippen LogP contribution in [0.4, 0.5) is 0 Å². The maximum Gasteiger partial charge on any atom is 0.302 e. The number of aryl methyl sites for hydroxylation is 1. The molecule has 0 spiro atoms. The van der Waals surface area contributed by atoms with E-state index < -0.39 is 6.23 Å². The summed E-state index contributed by atoms with van der Waals surface area (Å²) in [5, 5.41) is 12.6. The second-order valence-corrected chi connectivity index (χ2v) is 5.70. The van der Waals surface area contributed by atoms with Gasteiger partial charge in [-0.05, 0) is 35.7 Å². The van der Waals surface area contributed by atoms with Crippen LogP contribution in [-0.4, -0.2) is 41.9 Å². The van der Waals surface area contributed by atoms with Gasteiger partial charge in [0.15, 0.2) is 0 Å². The van der Waals surface area contributed by atoms with Crippen LogP contribution in [-0.2, 0) is 16.0 Å². The molecule has 0 aliphatic carbocycles. The van der Waals surface area contributed by atoms with E-state index in [0.717, 1.165) is 25.9 Å². The zero-order chi connectivity index (χ0) is 16.7. The molecule has 0 aliphatic heterocycles. The minimum absolute atomic E-state index is 0.0269. The fraction of sp³-hybridized carbons (Fsp3) is 0.421. The van der Waals surface area contributed by atoms with Crippen molar-refractivity contribution in [3.8, 4) is 0 Å². The number of aliphatic hydroxyl groups excluding tert-OH is 1. The number of rotatable bonds is 8. The number of esters is 1. The predicted molar refractivity (Wildman–Crippen MR) is 92.2 cm³/mol. The highest BCUT2D eigenvalue weighted by Crippen LogP contribution is 2.16. The van der Waals surface area contributed by atoms with Gasteiger partial charge in [0.05, 0.1) is 0 Å². The fourth-order valence-corrected chi connectivity index (χ4v) is 2.70. The molecule has 0 saturated heterocycles.